The quantitative estimate of drug-likeness (QED) is 0.703. The molecule has 0 amide bonds. The second kappa shape index (κ2) is 6.72. The van der Waals surface area contributed by atoms with Gasteiger partial charge in [-0.05, 0) is 74.5 Å². The van der Waals surface area contributed by atoms with Gasteiger partial charge < -0.3 is 11.5 Å². The monoisotopic (exact) mass is 323 g/mol. The normalized spacial score (nSPS) is 32.5. The van der Waals surface area contributed by atoms with Crippen LogP contribution in [0.3, 0.4) is 0 Å². The third-order valence-electron chi connectivity index (χ3n) is 5.96. The van der Waals surface area contributed by atoms with Gasteiger partial charge in [0.05, 0.1) is 6.04 Å². The number of aliphatic imine (C=N–C) groups is 1. The van der Waals surface area contributed by atoms with Crippen LogP contribution in [-0.2, 0) is 0 Å². The van der Waals surface area contributed by atoms with Crippen LogP contribution in [-0.4, -0.2) is 18.8 Å². The second-order valence-electron chi connectivity index (χ2n) is 7.82. The molecule has 3 nitrogen and oxygen atoms in total. The van der Waals surface area contributed by atoms with Crippen LogP contribution in [0.2, 0.25) is 0 Å². The molecule has 1 unspecified atom stereocenters. The summed E-state index contributed by atoms with van der Waals surface area (Å²) in [6, 6.07) is 0.487. The lowest BCUT2D eigenvalue weighted by molar-refractivity contribution is 0.249. The van der Waals surface area contributed by atoms with E-state index in [1.54, 1.807) is 17.3 Å². The first-order valence-electron chi connectivity index (χ1n) is 9.56. The van der Waals surface area contributed by atoms with Crippen molar-refractivity contribution in [2.45, 2.75) is 51.0 Å². The molecule has 24 heavy (non-hydrogen) atoms. The van der Waals surface area contributed by atoms with Crippen LogP contribution in [0.25, 0.3) is 0 Å². The van der Waals surface area contributed by atoms with E-state index in [2.05, 4.69) is 18.2 Å². The Hall–Kier alpha value is -1.61. The smallest absolute Gasteiger partial charge is 0.0505 e. The minimum Gasteiger partial charge on any atom is -0.404 e. The molecule has 0 spiro atoms. The summed E-state index contributed by atoms with van der Waals surface area (Å²) in [6.07, 6.45) is 19.4. The molecule has 0 aromatic rings. The molecular formula is C21H29N3. The van der Waals surface area contributed by atoms with Crippen LogP contribution in [0.15, 0.2) is 51.7 Å². The van der Waals surface area contributed by atoms with Gasteiger partial charge in [0.15, 0.2) is 0 Å². The van der Waals surface area contributed by atoms with Gasteiger partial charge in [-0.15, -0.1) is 0 Å². The molecule has 0 heterocycles. The minimum atomic E-state index is 0.487. The maximum atomic E-state index is 5.93. The van der Waals surface area contributed by atoms with Crippen molar-refractivity contribution in [3.63, 3.8) is 0 Å². The summed E-state index contributed by atoms with van der Waals surface area (Å²) < 4.78 is 0. The predicted octanol–water partition coefficient (Wildman–Crippen LogP) is 3.64. The lowest BCUT2D eigenvalue weighted by Crippen LogP contribution is -2.27. The van der Waals surface area contributed by atoms with Crippen molar-refractivity contribution in [1.82, 2.24) is 0 Å². The lowest BCUT2D eigenvalue weighted by atomic mass is 9.78. The number of nitrogens with zero attached hydrogens (tertiary/aromatic N) is 1. The zero-order valence-electron chi connectivity index (χ0n) is 14.5. The summed E-state index contributed by atoms with van der Waals surface area (Å²) in [5, 5.41) is 0. The zero-order chi connectivity index (χ0) is 16.5. The summed E-state index contributed by atoms with van der Waals surface area (Å²) in [7, 11) is 0. The number of hydrogen-bond acceptors (Lipinski definition) is 3. The number of allylic oxidation sites excluding steroid dienone is 7. The standard InChI is InChI=1S/C21H29N3/c22-8-2-3-14-9-17(10-14)24-13-16(12-23)19-5-1-4-18(15-6-7-15)20-11-21(19)20/h1,4-5,12-15,17,21H,2-3,6-11,22-23H2. The Kier molecular flexibility index (Phi) is 4.45. The van der Waals surface area contributed by atoms with E-state index in [0.29, 0.717) is 12.0 Å². The fourth-order valence-corrected chi connectivity index (χ4v) is 4.21. The molecule has 4 aliphatic carbocycles. The van der Waals surface area contributed by atoms with Gasteiger partial charge in [-0.2, -0.15) is 0 Å². The van der Waals surface area contributed by atoms with Crippen molar-refractivity contribution in [3.8, 4) is 0 Å². The second-order valence-corrected chi connectivity index (χ2v) is 7.82. The van der Waals surface area contributed by atoms with Gasteiger partial charge in [0.25, 0.3) is 0 Å². The Bertz CT molecular complexity index is 640. The van der Waals surface area contributed by atoms with E-state index in [4.69, 9.17) is 16.5 Å². The van der Waals surface area contributed by atoms with Gasteiger partial charge in [0.1, 0.15) is 0 Å². The lowest BCUT2D eigenvalue weighted by Gasteiger charge is -2.32. The average molecular weight is 323 g/mol. The van der Waals surface area contributed by atoms with Crippen LogP contribution in [0.1, 0.15) is 44.9 Å². The molecule has 0 radical (unpaired) electrons. The Labute approximate surface area is 145 Å². The molecule has 0 bridgehead atoms. The van der Waals surface area contributed by atoms with Gasteiger partial charge >= 0.3 is 0 Å². The van der Waals surface area contributed by atoms with Gasteiger partial charge in [-0.3, -0.25) is 4.99 Å². The summed E-state index contributed by atoms with van der Waals surface area (Å²) in [4.78, 5) is 4.80. The molecule has 128 valence electrons. The van der Waals surface area contributed by atoms with Gasteiger partial charge in [-0.1, -0.05) is 23.8 Å². The van der Waals surface area contributed by atoms with Crippen molar-refractivity contribution < 1.29 is 0 Å². The first-order valence-corrected chi connectivity index (χ1v) is 9.56. The Morgan fingerprint density at radius 1 is 1.29 bits per heavy atom. The van der Waals surface area contributed by atoms with Crippen molar-refractivity contribution in [2.24, 2.45) is 34.2 Å². The fraction of sp³-hybridized carbons (Fsp3) is 0.571. The van der Waals surface area contributed by atoms with Crippen molar-refractivity contribution in [2.75, 3.05) is 6.54 Å². The molecule has 0 saturated heterocycles. The zero-order valence-corrected chi connectivity index (χ0v) is 14.5. The first-order chi connectivity index (χ1) is 11.8. The van der Waals surface area contributed by atoms with E-state index in [0.717, 1.165) is 30.4 Å². The SMILES string of the molecule is NC=C(C=NC1CC(CCCN)C1)C1=CC=CC(C2CC2)=C2CC12. The topological polar surface area (TPSA) is 64.4 Å². The largest absolute Gasteiger partial charge is 0.404 e. The van der Waals surface area contributed by atoms with Crippen molar-refractivity contribution in [1.29, 1.82) is 0 Å². The molecule has 0 aliphatic heterocycles. The highest BCUT2D eigenvalue weighted by atomic mass is 14.8. The van der Waals surface area contributed by atoms with E-state index >= 15 is 0 Å². The number of rotatable bonds is 7. The fourth-order valence-electron chi connectivity index (χ4n) is 4.21. The number of fused-ring (bicyclic) bond motifs is 1. The summed E-state index contributed by atoms with van der Waals surface area (Å²) in [5.74, 6) is 2.27. The Morgan fingerprint density at radius 2 is 2.12 bits per heavy atom. The Morgan fingerprint density at radius 3 is 2.83 bits per heavy atom. The van der Waals surface area contributed by atoms with E-state index < -0.39 is 0 Å². The highest BCUT2D eigenvalue weighted by Crippen LogP contribution is 2.54. The first kappa shape index (κ1) is 15.9. The van der Waals surface area contributed by atoms with E-state index in [9.17, 15) is 0 Å². The molecule has 4 aliphatic rings. The van der Waals surface area contributed by atoms with Crippen LogP contribution in [0, 0.1) is 17.8 Å². The van der Waals surface area contributed by atoms with E-state index in [-0.39, 0.29) is 0 Å². The van der Waals surface area contributed by atoms with Crippen LogP contribution >= 0.6 is 0 Å². The van der Waals surface area contributed by atoms with Crippen LogP contribution in [0.5, 0.6) is 0 Å². The molecule has 4 N–H and O–H groups in total. The molecule has 3 heteroatoms. The van der Waals surface area contributed by atoms with Crippen molar-refractivity contribution >= 4 is 6.21 Å². The molecule has 0 aromatic heterocycles. The van der Waals surface area contributed by atoms with Gasteiger partial charge in [0, 0.05) is 23.9 Å². The molecule has 3 saturated carbocycles. The molecular weight excluding hydrogens is 294 g/mol. The highest BCUT2D eigenvalue weighted by molar-refractivity contribution is 5.86. The van der Waals surface area contributed by atoms with Gasteiger partial charge in [0.2, 0.25) is 0 Å². The van der Waals surface area contributed by atoms with E-state index in [1.165, 1.54) is 44.1 Å². The van der Waals surface area contributed by atoms with Crippen molar-refractivity contribution in [3.05, 3.63) is 46.7 Å². The average Bonchev–Trinajstić information content (AvgIpc) is 3.42. The van der Waals surface area contributed by atoms with Gasteiger partial charge in [-0.25, -0.2) is 0 Å². The van der Waals surface area contributed by atoms with Crippen LogP contribution in [0.4, 0.5) is 0 Å². The number of hydrogen-bond donors (Lipinski definition) is 2. The number of nitrogens with two attached hydrogens (primary N) is 2. The highest BCUT2D eigenvalue weighted by Gasteiger charge is 2.40. The molecule has 1 atom stereocenters. The summed E-state index contributed by atoms with van der Waals surface area (Å²) in [6.45, 7) is 0.812. The minimum absolute atomic E-state index is 0.487. The summed E-state index contributed by atoms with van der Waals surface area (Å²) in [5.41, 5.74) is 17.3. The molecule has 3 fully saturated rings. The third-order valence-corrected chi connectivity index (χ3v) is 5.96. The third kappa shape index (κ3) is 3.27. The summed E-state index contributed by atoms with van der Waals surface area (Å²) >= 11 is 0. The van der Waals surface area contributed by atoms with Crippen LogP contribution < -0.4 is 11.5 Å². The Balaban J connectivity index is 1.36. The molecule has 0 aromatic carbocycles. The maximum Gasteiger partial charge on any atom is 0.0505 e. The van der Waals surface area contributed by atoms with E-state index in [1.807, 2.05) is 6.21 Å². The molecule has 4 rings (SSSR count). The maximum absolute atomic E-state index is 5.93. The predicted molar refractivity (Wildman–Crippen MR) is 101 cm³/mol.